The van der Waals surface area contributed by atoms with Crippen LogP contribution in [0.4, 0.5) is 4.39 Å². The predicted octanol–water partition coefficient (Wildman–Crippen LogP) is 3.42. The van der Waals surface area contributed by atoms with Gasteiger partial charge in [0.1, 0.15) is 5.82 Å². The lowest BCUT2D eigenvalue weighted by Gasteiger charge is -2.20. The third-order valence-electron chi connectivity index (χ3n) is 2.63. The molecule has 20 heavy (non-hydrogen) atoms. The Hall–Kier alpha value is -2.23. The first kappa shape index (κ1) is 14.2. The molecule has 0 aliphatic heterocycles. The number of benzene rings is 1. The van der Waals surface area contributed by atoms with Crippen molar-refractivity contribution in [1.29, 1.82) is 0 Å². The highest BCUT2D eigenvalue weighted by Crippen LogP contribution is 2.18. The van der Waals surface area contributed by atoms with E-state index in [0.717, 1.165) is 0 Å². The topological polar surface area (TPSA) is 42.0 Å². The summed E-state index contributed by atoms with van der Waals surface area (Å²) in [5.41, 5.74) is 1.52. The fourth-order valence-corrected chi connectivity index (χ4v) is 1.76. The fraction of sp³-hybridized carbons (Fsp3) is 0.250. The molecular formula is C16H17FN2O. The molecule has 1 N–H and O–H groups in total. The number of nitrogens with zero attached hydrogens (tertiary/aromatic N) is 1. The normalized spacial score (nSPS) is 11.2. The van der Waals surface area contributed by atoms with Crippen LogP contribution in [0.5, 0.6) is 0 Å². The number of halogens is 1. The van der Waals surface area contributed by atoms with Crippen LogP contribution in [0.25, 0.3) is 11.3 Å². The first-order chi connectivity index (χ1) is 9.35. The maximum atomic E-state index is 13.2. The van der Waals surface area contributed by atoms with E-state index in [1.165, 1.54) is 18.3 Å². The number of hydrogen-bond donors (Lipinski definition) is 1. The average molecular weight is 272 g/mol. The van der Waals surface area contributed by atoms with Gasteiger partial charge in [-0.3, -0.25) is 9.78 Å². The molecule has 2 rings (SSSR count). The molecule has 0 atom stereocenters. The van der Waals surface area contributed by atoms with Gasteiger partial charge in [-0.1, -0.05) is 12.1 Å². The molecule has 0 saturated heterocycles. The monoisotopic (exact) mass is 272 g/mol. The minimum absolute atomic E-state index is 0.171. The third kappa shape index (κ3) is 3.63. The summed E-state index contributed by atoms with van der Waals surface area (Å²) < 4.78 is 13.2. The van der Waals surface area contributed by atoms with Gasteiger partial charge in [-0.25, -0.2) is 4.39 Å². The van der Waals surface area contributed by atoms with Crippen LogP contribution in [0.15, 0.2) is 42.6 Å². The summed E-state index contributed by atoms with van der Waals surface area (Å²) in [6.45, 7) is 5.75. The summed E-state index contributed by atoms with van der Waals surface area (Å²) in [5.74, 6) is -0.477. The number of pyridine rings is 1. The molecule has 0 bridgehead atoms. The lowest BCUT2D eigenvalue weighted by atomic mass is 10.1. The van der Waals surface area contributed by atoms with Crippen molar-refractivity contribution in [2.45, 2.75) is 26.3 Å². The molecule has 104 valence electrons. The van der Waals surface area contributed by atoms with E-state index in [9.17, 15) is 9.18 Å². The molecule has 1 aromatic carbocycles. The Labute approximate surface area is 117 Å². The zero-order chi connectivity index (χ0) is 14.8. The number of carbonyl (C=O) groups is 1. The van der Waals surface area contributed by atoms with Crippen molar-refractivity contribution >= 4 is 5.91 Å². The van der Waals surface area contributed by atoms with Crippen LogP contribution in [0.2, 0.25) is 0 Å². The van der Waals surface area contributed by atoms with Crippen LogP contribution >= 0.6 is 0 Å². The molecule has 0 saturated carbocycles. The second-order valence-corrected chi connectivity index (χ2v) is 5.65. The highest BCUT2D eigenvalue weighted by Gasteiger charge is 2.15. The van der Waals surface area contributed by atoms with Crippen LogP contribution in [-0.2, 0) is 0 Å². The van der Waals surface area contributed by atoms with Gasteiger partial charge in [0.05, 0.1) is 11.3 Å². The van der Waals surface area contributed by atoms with Gasteiger partial charge in [-0.05, 0) is 45.0 Å². The molecule has 4 heteroatoms. The largest absolute Gasteiger partial charge is 0.347 e. The van der Waals surface area contributed by atoms with Gasteiger partial charge in [0.15, 0.2) is 0 Å². The number of amides is 1. The number of nitrogens with one attached hydrogen (secondary N) is 1. The van der Waals surface area contributed by atoms with Crippen LogP contribution < -0.4 is 5.32 Å². The standard InChI is InChI=1S/C16H17FN2O/c1-16(2,3)19-15(20)12-7-8-14(18-10-12)11-5-4-6-13(17)9-11/h4-10H,1-3H3,(H,19,20). The summed E-state index contributed by atoms with van der Waals surface area (Å²) in [7, 11) is 0. The van der Waals surface area contributed by atoms with E-state index < -0.39 is 0 Å². The minimum Gasteiger partial charge on any atom is -0.347 e. The summed E-state index contributed by atoms with van der Waals surface area (Å²) in [4.78, 5) is 16.2. The predicted molar refractivity (Wildman–Crippen MR) is 76.9 cm³/mol. The van der Waals surface area contributed by atoms with Gasteiger partial charge >= 0.3 is 0 Å². The second kappa shape index (κ2) is 5.41. The highest BCUT2D eigenvalue weighted by atomic mass is 19.1. The minimum atomic E-state index is -0.307. The molecule has 1 heterocycles. The van der Waals surface area contributed by atoms with Crippen LogP contribution in [0.1, 0.15) is 31.1 Å². The van der Waals surface area contributed by atoms with Crippen molar-refractivity contribution in [3.63, 3.8) is 0 Å². The molecule has 2 aromatic rings. The second-order valence-electron chi connectivity index (χ2n) is 5.65. The zero-order valence-corrected chi connectivity index (χ0v) is 11.8. The lowest BCUT2D eigenvalue weighted by molar-refractivity contribution is 0.0919. The van der Waals surface area contributed by atoms with Crippen LogP contribution in [-0.4, -0.2) is 16.4 Å². The number of hydrogen-bond acceptors (Lipinski definition) is 2. The Morgan fingerprint density at radius 3 is 2.50 bits per heavy atom. The molecule has 0 spiro atoms. The Kier molecular flexibility index (Phi) is 3.84. The van der Waals surface area contributed by atoms with Crippen molar-refractivity contribution in [3.8, 4) is 11.3 Å². The van der Waals surface area contributed by atoms with Crippen molar-refractivity contribution < 1.29 is 9.18 Å². The van der Waals surface area contributed by atoms with Gasteiger partial charge in [0.2, 0.25) is 0 Å². The van der Waals surface area contributed by atoms with Crippen molar-refractivity contribution in [3.05, 3.63) is 54.0 Å². The summed E-state index contributed by atoms with van der Waals surface area (Å²) >= 11 is 0. The lowest BCUT2D eigenvalue weighted by Crippen LogP contribution is -2.40. The van der Waals surface area contributed by atoms with Gasteiger partial charge in [-0.15, -0.1) is 0 Å². The van der Waals surface area contributed by atoms with E-state index in [1.54, 1.807) is 24.3 Å². The molecule has 0 aliphatic rings. The maximum Gasteiger partial charge on any atom is 0.253 e. The number of carbonyl (C=O) groups excluding carboxylic acids is 1. The van der Waals surface area contributed by atoms with E-state index in [-0.39, 0.29) is 17.3 Å². The van der Waals surface area contributed by atoms with E-state index in [1.807, 2.05) is 20.8 Å². The zero-order valence-electron chi connectivity index (χ0n) is 11.8. The maximum absolute atomic E-state index is 13.2. The first-order valence-electron chi connectivity index (χ1n) is 6.40. The van der Waals surface area contributed by atoms with Gasteiger partial charge in [0.25, 0.3) is 5.91 Å². The highest BCUT2D eigenvalue weighted by molar-refractivity contribution is 5.94. The Morgan fingerprint density at radius 1 is 1.20 bits per heavy atom. The van der Waals surface area contributed by atoms with Crippen molar-refractivity contribution in [2.75, 3.05) is 0 Å². The molecule has 3 nitrogen and oxygen atoms in total. The fourth-order valence-electron chi connectivity index (χ4n) is 1.76. The smallest absolute Gasteiger partial charge is 0.253 e. The summed E-state index contributed by atoms with van der Waals surface area (Å²) in [5, 5.41) is 2.86. The molecule has 1 amide bonds. The van der Waals surface area contributed by atoms with Crippen molar-refractivity contribution in [1.82, 2.24) is 10.3 Å². The van der Waals surface area contributed by atoms with E-state index in [2.05, 4.69) is 10.3 Å². The molecule has 0 radical (unpaired) electrons. The van der Waals surface area contributed by atoms with E-state index >= 15 is 0 Å². The Balaban J connectivity index is 2.20. The van der Waals surface area contributed by atoms with Crippen LogP contribution in [0, 0.1) is 5.82 Å². The van der Waals surface area contributed by atoms with Gasteiger partial charge in [-0.2, -0.15) is 0 Å². The average Bonchev–Trinajstić information content (AvgIpc) is 2.37. The SMILES string of the molecule is CC(C)(C)NC(=O)c1ccc(-c2cccc(F)c2)nc1. The van der Waals surface area contributed by atoms with E-state index in [0.29, 0.717) is 16.8 Å². The molecule has 0 unspecified atom stereocenters. The molecular weight excluding hydrogens is 255 g/mol. The number of rotatable bonds is 2. The van der Waals surface area contributed by atoms with Crippen LogP contribution in [0.3, 0.4) is 0 Å². The van der Waals surface area contributed by atoms with E-state index in [4.69, 9.17) is 0 Å². The molecule has 1 aromatic heterocycles. The Bertz CT molecular complexity index is 615. The quantitative estimate of drug-likeness (QED) is 0.910. The Morgan fingerprint density at radius 2 is 1.95 bits per heavy atom. The van der Waals surface area contributed by atoms with Gasteiger partial charge < -0.3 is 5.32 Å². The molecule has 0 aliphatic carbocycles. The van der Waals surface area contributed by atoms with Gasteiger partial charge in [0, 0.05) is 17.3 Å². The van der Waals surface area contributed by atoms with Crippen molar-refractivity contribution in [2.24, 2.45) is 0 Å². The number of aromatic nitrogens is 1. The third-order valence-corrected chi connectivity index (χ3v) is 2.63. The first-order valence-corrected chi connectivity index (χ1v) is 6.40. The summed E-state index contributed by atoms with van der Waals surface area (Å²) in [6.07, 6.45) is 1.50. The summed E-state index contributed by atoms with van der Waals surface area (Å²) in [6, 6.07) is 9.61. The molecule has 0 fully saturated rings.